The summed E-state index contributed by atoms with van der Waals surface area (Å²) < 4.78 is 29.5. The molecule has 1 heterocycles. The van der Waals surface area contributed by atoms with Crippen molar-refractivity contribution < 1.29 is 18.6 Å². The molecule has 7 heteroatoms. The van der Waals surface area contributed by atoms with E-state index in [1.807, 2.05) is 6.92 Å². The normalized spacial score (nSPS) is 12.5. The van der Waals surface area contributed by atoms with Crippen LogP contribution in [0.3, 0.4) is 0 Å². The van der Waals surface area contributed by atoms with E-state index in [0.29, 0.717) is 18.1 Å². The summed E-state index contributed by atoms with van der Waals surface area (Å²) in [7, 11) is 0. The van der Waals surface area contributed by atoms with E-state index in [2.05, 4.69) is 10.3 Å². The average Bonchev–Trinajstić information content (AvgIpc) is 2.35. The fourth-order valence-corrected chi connectivity index (χ4v) is 1.16. The molecule has 0 amide bonds. The van der Waals surface area contributed by atoms with E-state index in [1.54, 1.807) is 6.07 Å². The number of aliphatic hydroxyl groups is 1. The summed E-state index contributed by atoms with van der Waals surface area (Å²) in [5, 5.41) is 11.5. The minimum atomic E-state index is -2.79. The summed E-state index contributed by atoms with van der Waals surface area (Å²) in [5.74, 6) is 0.586. The molecule has 0 bridgehead atoms. The zero-order chi connectivity index (χ0) is 13.5. The number of hydrogen-bond donors (Lipinski definition) is 3. The van der Waals surface area contributed by atoms with Crippen LogP contribution in [0.1, 0.15) is 13.3 Å². The van der Waals surface area contributed by atoms with Crippen LogP contribution in [0.4, 0.5) is 20.3 Å². The van der Waals surface area contributed by atoms with Crippen LogP contribution < -0.4 is 15.8 Å². The summed E-state index contributed by atoms with van der Waals surface area (Å²) in [5.41, 5.74) is 6.03. The van der Waals surface area contributed by atoms with Crippen LogP contribution in [0.15, 0.2) is 12.1 Å². The molecule has 5 nitrogen and oxygen atoms in total. The van der Waals surface area contributed by atoms with Gasteiger partial charge in [-0.15, -0.1) is 0 Å². The highest BCUT2D eigenvalue weighted by Crippen LogP contribution is 2.21. The van der Waals surface area contributed by atoms with Crippen LogP contribution in [-0.4, -0.2) is 35.8 Å². The molecule has 0 aliphatic heterocycles. The Balaban J connectivity index is 2.61. The third-order valence-electron chi connectivity index (χ3n) is 2.12. The molecule has 0 fully saturated rings. The van der Waals surface area contributed by atoms with Crippen LogP contribution in [0, 0.1) is 0 Å². The van der Waals surface area contributed by atoms with E-state index in [1.165, 1.54) is 6.07 Å². The second-order valence-corrected chi connectivity index (χ2v) is 3.72. The predicted octanol–water partition coefficient (Wildman–Crippen LogP) is 1.49. The number of rotatable bonds is 7. The van der Waals surface area contributed by atoms with E-state index in [9.17, 15) is 8.78 Å². The highest BCUT2D eigenvalue weighted by molar-refractivity contribution is 5.53. The van der Waals surface area contributed by atoms with Crippen molar-refractivity contribution in [3.63, 3.8) is 0 Å². The molecule has 0 aromatic carbocycles. The number of nitrogens with zero attached hydrogens (tertiary/aromatic N) is 1. The van der Waals surface area contributed by atoms with Crippen molar-refractivity contribution in [1.82, 2.24) is 4.98 Å². The minimum absolute atomic E-state index is 0.258. The minimum Gasteiger partial charge on any atom is -0.476 e. The van der Waals surface area contributed by atoms with Crippen molar-refractivity contribution >= 4 is 11.5 Å². The lowest BCUT2D eigenvalue weighted by Crippen LogP contribution is -2.27. The van der Waals surface area contributed by atoms with Gasteiger partial charge in [-0.2, -0.15) is 4.98 Å². The third kappa shape index (κ3) is 4.33. The van der Waals surface area contributed by atoms with Crippen molar-refractivity contribution in [1.29, 1.82) is 0 Å². The SMILES string of the molecule is CCCOc1nc(NCC(O)C(F)F)ccc1N. The zero-order valence-corrected chi connectivity index (χ0v) is 10.1. The molecular weight excluding hydrogens is 244 g/mol. The van der Waals surface area contributed by atoms with Crippen LogP contribution in [-0.2, 0) is 0 Å². The number of halogens is 2. The number of nitrogens with one attached hydrogen (secondary N) is 1. The summed E-state index contributed by atoms with van der Waals surface area (Å²) in [6, 6.07) is 3.10. The first-order valence-electron chi connectivity index (χ1n) is 5.64. The number of alkyl halides is 2. The Bertz CT molecular complexity index is 377. The van der Waals surface area contributed by atoms with E-state index in [0.717, 1.165) is 6.42 Å². The van der Waals surface area contributed by atoms with E-state index >= 15 is 0 Å². The molecule has 1 atom stereocenters. The van der Waals surface area contributed by atoms with Gasteiger partial charge in [0.25, 0.3) is 6.43 Å². The number of aliphatic hydroxyl groups excluding tert-OH is 1. The molecule has 4 N–H and O–H groups in total. The Morgan fingerprint density at radius 2 is 2.22 bits per heavy atom. The summed E-state index contributed by atoms with van der Waals surface area (Å²) in [6.07, 6.45) is -3.71. The summed E-state index contributed by atoms with van der Waals surface area (Å²) in [4.78, 5) is 4.03. The lowest BCUT2D eigenvalue weighted by atomic mass is 10.3. The molecule has 0 saturated carbocycles. The van der Waals surface area contributed by atoms with E-state index in [-0.39, 0.29) is 12.4 Å². The maximum Gasteiger partial charge on any atom is 0.265 e. The quantitative estimate of drug-likeness (QED) is 0.693. The number of anilines is 2. The second-order valence-electron chi connectivity index (χ2n) is 3.72. The van der Waals surface area contributed by atoms with Crippen LogP contribution in [0.5, 0.6) is 5.88 Å². The van der Waals surface area contributed by atoms with Crippen LogP contribution in [0.25, 0.3) is 0 Å². The van der Waals surface area contributed by atoms with Gasteiger partial charge in [0.15, 0.2) is 0 Å². The van der Waals surface area contributed by atoms with Gasteiger partial charge in [-0.25, -0.2) is 8.78 Å². The number of hydrogen-bond acceptors (Lipinski definition) is 5. The number of nitrogens with two attached hydrogens (primary N) is 1. The fourth-order valence-electron chi connectivity index (χ4n) is 1.16. The summed E-state index contributed by atoms with van der Waals surface area (Å²) in [6.45, 7) is 2.12. The molecule has 1 unspecified atom stereocenters. The molecule has 0 aliphatic rings. The smallest absolute Gasteiger partial charge is 0.265 e. The van der Waals surface area contributed by atoms with Crippen molar-refractivity contribution in [2.75, 3.05) is 24.2 Å². The maximum atomic E-state index is 12.1. The van der Waals surface area contributed by atoms with Crippen molar-refractivity contribution in [3.8, 4) is 5.88 Å². The predicted molar refractivity (Wildman–Crippen MR) is 64.9 cm³/mol. The van der Waals surface area contributed by atoms with Gasteiger partial charge >= 0.3 is 0 Å². The summed E-state index contributed by atoms with van der Waals surface area (Å²) >= 11 is 0. The fraction of sp³-hybridized carbons (Fsp3) is 0.545. The van der Waals surface area contributed by atoms with Crippen LogP contribution >= 0.6 is 0 Å². The van der Waals surface area contributed by atoms with Gasteiger partial charge in [0.1, 0.15) is 11.9 Å². The van der Waals surface area contributed by atoms with Gasteiger partial charge in [0.2, 0.25) is 5.88 Å². The van der Waals surface area contributed by atoms with Gasteiger partial charge in [-0.1, -0.05) is 6.92 Å². The number of ether oxygens (including phenoxy) is 1. The third-order valence-corrected chi connectivity index (χ3v) is 2.12. The molecule has 1 aromatic heterocycles. The largest absolute Gasteiger partial charge is 0.476 e. The number of pyridine rings is 1. The molecular formula is C11H17F2N3O2. The van der Waals surface area contributed by atoms with Gasteiger partial charge in [-0.05, 0) is 18.6 Å². The first-order valence-corrected chi connectivity index (χ1v) is 5.64. The van der Waals surface area contributed by atoms with Gasteiger partial charge in [0, 0.05) is 6.54 Å². The van der Waals surface area contributed by atoms with Gasteiger partial charge in [0.05, 0.1) is 12.3 Å². The Kier molecular flexibility index (Phi) is 5.57. The average molecular weight is 261 g/mol. The Morgan fingerprint density at radius 3 is 2.83 bits per heavy atom. The standard InChI is InChI=1S/C11H17F2N3O2/c1-2-5-18-11-7(14)3-4-9(16-11)15-6-8(17)10(12)13/h3-4,8,10,17H,2,5-6,14H2,1H3,(H,15,16). The van der Waals surface area contributed by atoms with E-state index in [4.69, 9.17) is 15.6 Å². The van der Waals surface area contributed by atoms with Crippen LogP contribution in [0.2, 0.25) is 0 Å². The monoisotopic (exact) mass is 261 g/mol. The Labute approximate surface area is 104 Å². The van der Waals surface area contributed by atoms with Crippen molar-refractivity contribution in [2.45, 2.75) is 25.9 Å². The maximum absolute atomic E-state index is 12.1. The first-order chi connectivity index (χ1) is 8.54. The van der Waals surface area contributed by atoms with Crippen molar-refractivity contribution in [2.24, 2.45) is 0 Å². The highest BCUT2D eigenvalue weighted by atomic mass is 19.3. The molecule has 0 spiro atoms. The number of aromatic nitrogens is 1. The highest BCUT2D eigenvalue weighted by Gasteiger charge is 2.16. The molecule has 1 aromatic rings. The lowest BCUT2D eigenvalue weighted by Gasteiger charge is -2.13. The topological polar surface area (TPSA) is 80.4 Å². The van der Waals surface area contributed by atoms with E-state index < -0.39 is 12.5 Å². The molecule has 0 aliphatic carbocycles. The van der Waals surface area contributed by atoms with Gasteiger partial charge in [-0.3, -0.25) is 0 Å². The Hall–Kier alpha value is -1.63. The molecule has 0 saturated heterocycles. The second kappa shape index (κ2) is 6.95. The number of nitrogen functional groups attached to an aromatic ring is 1. The van der Waals surface area contributed by atoms with Gasteiger partial charge < -0.3 is 20.9 Å². The lowest BCUT2D eigenvalue weighted by molar-refractivity contribution is 0.00380. The molecule has 102 valence electrons. The first kappa shape index (κ1) is 14.4. The zero-order valence-electron chi connectivity index (χ0n) is 10.1. The molecule has 0 radical (unpaired) electrons. The molecule has 1 rings (SSSR count). The Morgan fingerprint density at radius 1 is 1.50 bits per heavy atom. The molecule has 18 heavy (non-hydrogen) atoms. The van der Waals surface area contributed by atoms with Crippen molar-refractivity contribution in [3.05, 3.63) is 12.1 Å².